The lowest BCUT2D eigenvalue weighted by molar-refractivity contribution is 1.46. The maximum Gasteiger partial charge on any atom is 0.0247 e. The highest BCUT2D eigenvalue weighted by atomic mass is 127. The van der Waals surface area contributed by atoms with Crippen molar-refractivity contribution >= 4 is 56.0 Å². The molecule has 0 aliphatic heterocycles. The zero-order valence-electron chi connectivity index (χ0n) is 7.63. The average Bonchev–Trinajstić information content (AvgIpc) is 2.27. The van der Waals surface area contributed by atoms with Crippen LogP contribution < -0.4 is 0 Å². The van der Waals surface area contributed by atoms with Gasteiger partial charge in [0.25, 0.3) is 0 Å². The molecule has 0 amide bonds. The van der Waals surface area contributed by atoms with Crippen LogP contribution in [0, 0.1) is 0 Å². The lowest BCUT2D eigenvalue weighted by Gasteiger charge is -2.02. The zero-order chi connectivity index (χ0) is 9.97. The van der Waals surface area contributed by atoms with Crippen molar-refractivity contribution in [1.82, 2.24) is 0 Å². The Morgan fingerprint density at radius 1 is 0.714 bits per heavy atom. The van der Waals surface area contributed by atoms with Crippen LogP contribution in [0.5, 0.6) is 0 Å². The van der Waals surface area contributed by atoms with Crippen LogP contribution in [0.1, 0.15) is 11.1 Å². The van der Waals surface area contributed by atoms with Crippen LogP contribution in [0.4, 0.5) is 0 Å². The van der Waals surface area contributed by atoms with Gasteiger partial charge in [0.05, 0.1) is 0 Å². The summed E-state index contributed by atoms with van der Waals surface area (Å²) >= 11 is 4.80. The van der Waals surface area contributed by atoms with Gasteiger partial charge in [0.2, 0.25) is 0 Å². The second kappa shape index (κ2) is 4.79. The van der Waals surface area contributed by atoms with E-state index in [2.05, 4.69) is 81.6 Å². The quantitative estimate of drug-likeness (QED) is 0.499. The minimum absolute atomic E-state index is 1.09. The van der Waals surface area contributed by atoms with Gasteiger partial charge < -0.3 is 0 Å². The van der Waals surface area contributed by atoms with E-state index in [-0.39, 0.29) is 0 Å². The van der Waals surface area contributed by atoms with Gasteiger partial charge in [-0.3, -0.25) is 0 Å². The number of rotatable bonds is 2. The number of alkyl halides is 2. The first-order valence-corrected chi connectivity index (χ1v) is 7.52. The molecule has 2 heteroatoms. The van der Waals surface area contributed by atoms with Crippen LogP contribution in [-0.4, -0.2) is 0 Å². The second-order valence-electron chi connectivity index (χ2n) is 3.28. The summed E-state index contributed by atoms with van der Waals surface area (Å²) in [6.45, 7) is 0. The molecular formula is C12H10I2. The second-order valence-corrected chi connectivity index (χ2v) is 4.81. The summed E-state index contributed by atoms with van der Waals surface area (Å²) in [7, 11) is 0. The highest BCUT2D eigenvalue weighted by molar-refractivity contribution is 14.1. The fourth-order valence-corrected chi connectivity index (χ4v) is 2.46. The van der Waals surface area contributed by atoms with Gasteiger partial charge in [0, 0.05) is 8.86 Å². The standard InChI is InChI=1S/C12H10I2/c13-7-9-1-3-11-6-10(8-14)2-4-12(11)5-9/h1-6H,7-8H2. The summed E-state index contributed by atoms with van der Waals surface area (Å²) in [6.07, 6.45) is 0. The lowest BCUT2D eigenvalue weighted by Crippen LogP contribution is -1.81. The first-order valence-electron chi connectivity index (χ1n) is 4.47. The fraction of sp³-hybridized carbons (Fsp3) is 0.167. The zero-order valence-corrected chi connectivity index (χ0v) is 11.9. The minimum Gasteiger partial charge on any atom is -0.0812 e. The predicted octanol–water partition coefficient (Wildman–Crippen LogP) is 4.71. The molecule has 2 aromatic carbocycles. The molecule has 0 unspecified atom stereocenters. The van der Waals surface area contributed by atoms with Gasteiger partial charge in [-0.15, -0.1) is 0 Å². The monoisotopic (exact) mass is 408 g/mol. The molecule has 0 atom stereocenters. The summed E-state index contributed by atoms with van der Waals surface area (Å²) in [6, 6.07) is 13.4. The molecular weight excluding hydrogens is 398 g/mol. The van der Waals surface area contributed by atoms with E-state index < -0.39 is 0 Å². The first-order chi connectivity index (χ1) is 6.83. The van der Waals surface area contributed by atoms with E-state index in [1.165, 1.54) is 21.9 Å². The summed E-state index contributed by atoms with van der Waals surface area (Å²) in [5.41, 5.74) is 2.81. The van der Waals surface area contributed by atoms with Gasteiger partial charge in [-0.2, -0.15) is 0 Å². The topological polar surface area (TPSA) is 0 Å². The van der Waals surface area contributed by atoms with E-state index in [1.807, 2.05) is 0 Å². The maximum absolute atomic E-state index is 2.40. The van der Waals surface area contributed by atoms with E-state index in [1.54, 1.807) is 0 Å². The van der Waals surface area contributed by atoms with Crippen LogP contribution in [-0.2, 0) is 8.86 Å². The molecule has 0 nitrogen and oxygen atoms in total. The third kappa shape index (κ3) is 2.21. The van der Waals surface area contributed by atoms with Gasteiger partial charge in [-0.25, -0.2) is 0 Å². The number of hydrogen-bond donors (Lipinski definition) is 0. The van der Waals surface area contributed by atoms with Crippen LogP contribution >= 0.6 is 45.2 Å². The molecule has 0 aliphatic rings. The van der Waals surface area contributed by atoms with Gasteiger partial charge >= 0.3 is 0 Å². The Kier molecular flexibility index (Phi) is 3.65. The van der Waals surface area contributed by atoms with Crippen molar-refractivity contribution in [3.63, 3.8) is 0 Å². The van der Waals surface area contributed by atoms with Gasteiger partial charge in [0.15, 0.2) is 0 Å². The molecule has 0 fully saturated rings. The highest BCUT2D eigenvalue weighted by Gasteiger charge is 1.96. The smallest absolute Gasteiger partial charge is 0.0247 e. The van der Waals surface area contributed by atoms with Crippen molar-refractivity contribution in [3.05, 3.63) is 47.5 Å². The molecule has 0 aliphatic carbocycles. The number of hydrogen-bond acceptors (Lipinski definition) is 0. The van der Waals surface area contributed by atoms with Gasteiger partial charge in [-0.1, -0.05) is 81.6 Å². The molecule has 0 heterocycles. The Balaban J connectivity index is 2.57. The molecule has 0 aromatic heterocycles. The van der Waals surface area contributed by atoms with Crippen LogP contribution in [0.15, 0.2) is 36.4 Å². The fourth-order valence-electron chi connectivity index (χ4n) is 1.51. The maximum atomic E-state index is 2.40. The molecule has 0 spiro atoms. The average molecular weight is 408 g/mol. The first kappa shape index (κ1) is 10.7. The third-order valence-electron chi connectivity index (χ3n) is 2.28. The Morgan fingerprint density at radius 2 is 1.14 bits per heavy atom. The summed E-state index contributed by atoms with van der Waals surface area (Å²) < 4.78 is 2.17. The molecule has 72 valence electrons. The summed E-state index contributed by atoms with van der Waals surface area (Å²) in [5, 5.41) is 2.71. The number of benzene rings is 2. The Morgan fingerprint density at radius 3 is 1.50 bits per heavy atom. The van der Waals surface area contributed by atoms with Crippen molar-refractivity contribution < 1.29 is 0 Å². The molecule has 2 aromatic rings. The molecule has 0 N–H and O–H groups in total. The Hall–Kier alpha value is 0.160. The predicted molar refractivity (Wildman–Crippen MR) is 79.4 cm³/mol. The summed E-state index contributed by atoms with van der Waals surface area (Å²) in [4.78, 5) is 0. The molecule has 14 heavy (non-hydrogen) atoms. The molecule has 2 rings (SSSR count). The van der Waals surface area contributed by atoms with Crippen LogP contribution in [0.3, 0.4) is 0 Å². The van der Waals surface area contributed by atoms with Gasteiger partial charge in [0.1, 0.15) is 0 Å². The molecule has 0 radical (unpaired) electrons. The van der Waals surface area contributed by atoms with E-state index in [4.69, 9.17) is 0 Å². The van der Waals surface area contributed by atoms with Crippen molar-refractivity contribution in [3.8, 4) is 0 Å². The normalized spacial score (nSPS) is 10.7. The summed E-state index contributed by atoms with van der Waals surface area (Å²) in [5.74, 6) is 0. The van der Waals surface area contributed by atoms with Crippen molar-refractivity contribution in [2.75, 3.05) is 0 Å². The minimum atomic E-state index is 1.09. The Labute approximate surface area is 111 Å². The van der Waals surface area contributed by atoms with E-state index in [0.29, 0.717) is 0 Å². The Bertz CT molecular complexity index is 406. The van der Waals surface area contributed by atoms with Crippen LogP contribution in [0.25, 0.3) is 10.8 Å². The van der Waals surface area contributed by atoms with Crippen molar-refractivity contribution in [2.24, 2.45) is 0 Å². The number of halogens is 2. The largest absolute Gasteiger partial charge is 0.0812 e. The lowest BCUT2D eigenvalue weighted by atomic mass is 10.1. The van der Waals surface area contributed by atoms with E-state index in [0.717, 1.165) is 8.86 Å². The van der Waals surface area contributed by atoms with Gasteiger partial charge in [-0.05, 0) is 21.9 Å². The van der Waals surface area contributed by atoms with Crippen LogP contribution in [0.2, 0.25) is 0 Å². The SMILES string of the molecule is ICc1ccc2cc(CI)ccc2c1. The van der Waals surface area contributed by atoms with E-state index in [9.17, 15) is 0 Å². The molecule has 0 saturated heterocycles. The van der Waals surface area contributed by atoms with Crippen molar-refractivity contribution in [2.45, 2.75) is 8.86 Å². The number of fused-ring (bicyclic) bond motifs is 1. The third-order valence-corrected chi connectivity index (χ3v) is 4.04. The molecule has 0 bridgehead atoms. The molecule has 0 saturated carbocycles. The van der Waals surface area contributed by atoms with E-state index >= 15 is 0 Å². The highest BCUT2D eigenvalue weighted by Crippen LogP contribution is 2.20. The van der Waals surface area contributed by atoms with Crippen molar-refractivity contribution in [1.29, 1.82) is 0 Å².